The van der Waals surface area contributed by atoms with Crippen LogP contribution in [0.2, 0.25) is 0 Å². The number of piperidine rings is 1. The Hall–Kier alpha value is -2.45. The maximum Gasteiger partial charge on any atom is 0.240 e. The minimum Gasteiger partial charge on any atom is -0.356 e. The van der Waals surface area contributed by atoms with E-state index in [0.717, 1.165) is 16.9 Å². The monoisotopic (exact) mass is 370 g/mol. The minimum absolute atomic E-state index is 0.0700. The Labute approximate surface area is 155 Å². The number of aromatic amines is 1. The summed E-state index contributed by atoms with van der Waals surface area (Å²) in [4.78, 5) is 27.8. The SMILES string of the molecule is Cc1ccsc1CNC(=O)C1(N)CCN(c2ncnc3[nH]ccc23)CC1. The van der Waals surface area contributed by atoms with Crippen LogP contribution in [0.1, 0.15) is 23.3 Å². The maximum absolute atomic E-state index is 12.7. The summed E-state index contributed by atoms with van der Waals surface area (Å²) in [6.07, 6.45) is 4.62. The Bertz CT molecular complexity index is 925. The van der Waals surface area contributed by atoms with Gasteiger partial charge in [0.05, 0.1) is 17.5 Å². The van der Waals surface area contributed by atoms with Crippen molar-refractivity contribution in [2.24, 2.45) is 5.73 Å². The topological polar surface area (TPSA) is 99.9 Å². The first-order chi connectivity index (χ1) is 12.6. The molecule has 3 aromatic rings. The van der Waals surface area contributed by atoms with Gasteiger partial charge in [-0.3, -0.25) is 4.79 Å². The van der Waals surface area contributed by atoms with E-state index >= 15 is 0 Å². The molecule has 0 spiro atoms. The van der Waals surface area contributed by atoms with Crippen molar-refractivity contribution >= 4 is 34.1 Å². The van der Waals surface area contributed by atoms with Crippen molar-refractivity contribution < 1.29 is 4.79 Å². The van der Waals surface area contributed by atoms with Crippen LogP contribution in [0.3, 0.4) is 0 Å². The molecule has 4 N–H and O–H groups in total. The number of rotatable bonds is 4. The van der Waals surface area contributed by atoms with E-state index in [0.29, 0.717) is 32.5 Å². The summed E-state index contributed by atoms with van der Waals surface area (Å²) >= 11 is 1.66. The Morgan fingerprint density at radius 3 is 2.92 bits per heavy atom. The predicted molar refractivity (Wildman–Crippen MR) is 103 cm³/mol. The van der Waals surface area contributed by atoms with E-state index in [4.69, 9.17) is 5.73 Å². The zero-order valence-electron chi connectivity index (χ0n) is 14.7. The standard InChI is InChI=1S/C18H22N6OS/c1-12-3-9-26-14(12)10-21-17(25)18(19)4-7-24(8-5-18)16-13-2-6-20-15(13)22-11-23-16/h2-3,6,9,11H,4-5,7-8,10,19H2,1H3,(H,21,25)(H,20,22,23). The molecule has 7 nitrogen and oxygen atoms in total. The fourth-order valence-electron chi connectivity index (χ4n) is 3.38. The first-order valence-electron chi connectivity index (χ1n) is 8.70. The van der Waals surface area contributed by atoms with Gasteiger partial charge in [-0.15, -0.1) is 11.3 Å². The molecule has 0 radical (unpaired) electrons. The highest BCUT2D eigenvalue weighted by atomic mass is 32.1. The van der Waals surface area contributed by atoms with Crippen molar-refractivity contribution in [3.05, 3.63) is 40.5 Å². The number of aromatic nitrogens is 3. The predicted octanol–water partition coefficient (Wildman–Crippen LogP) is 1.94. The molecule has 1 amide bonds. The molecule has 0 aromatic carbocycles. The van der Waals surface area contributed by atoms with Gasteiger partial charge in [-0.25, -0.2) is 9.97 Å². The second kappa shape index (κ2) is 6.69. The van der Waals surface area contributed by atoms with E-state index in [2.05, 4.69) is 38.2 Å². The van der Waals surface area contributed by atoms with Gasteiger partial charge in [-0.05, 0) is 42.8 Å². The van der Waals surface area contributed by atoms with Crippen molar-refractivity contribution in [1.82, 2.24) is 20.3 Å². The fourth-order valence-corrected chi connectivity index (χ4v) is 4.22. The smallest absolute Gasteiger partial charge is 0.240 e. The van der Waals surface area contributed by atoms with E-state index < -0.39 is 5.54 Å². The van der Waals surface area contributed by atoms with Crippen molar-refractivity contribution in [3.8, 4) is 0 Å². The number of aryl methyl sites for hydroxylation is 1. The van der Waals surface area contributed by atoms with Crippen LogP contribution in [0.5, 0.6) is 0 Å². The van der Waals surface area contributed by atoms with Crippen LogP contribution < -0.4 is 16.0 Å². The second-order valence-electron chi connectivity index (χ2n) is 6.79. The van der Waals surface area contributed by atoms with Crippen LogP contribution in [0.25, 0.3) is 11.0 Å². The molecule has 1 fully saturated rings. The number of fused-ring (bicyclic) bond motifs is 1. The molecule has 8 heteroatoms. The number of nitrogens with two attached hydrogens (primary N) is 1. The maximum atomic E-state index is 12.7. The zero-order valence-corrected chi connectivity index (χ0v) is 15.5. The van der Waals surface area contributed by atoms with Gasteiger partial charge in [0, 0.05) is 24.2 Å². The Morgan fingerprint density at radius 1 is 1.38 bits per heavy atom. The van der Waals surface area contributed by atoms with Crippen molar-refractivity contribution in [3.63, 3.8) is 0 Å². The molecule has 26 heavy (non-hydrogen) atoms. The van der Waals surface area contributed by atoms with Gasteiger partial charge in [0.2, 0.25) is 5.91 Å². The van der Waals surface area contributed by atoms with Gasteiger partial charge in [0.15, 0.2) is 0 Å². The van der Waals surface area contributed by atoms with Gasteiger partial charge in [-0.2, -0.15) is 0 Å². The molecule has 1 aliphatic rings. The summed E-state index contributed by atoms with van der Waals surface area (Å²) in [7, 11) is 0. The summed E-state index contributed by atoms with van der Waals surface area (Å²) < 4.78 is 0. The van der Waals surface area contributed by atoms with Gasteiger partial charge in [0.25, 0.3) is 0 Å². The van der Waals surface area contributed by atoms with E-state index in [1.165, 1.54) is 10.4 Å². The molecule has 3 aromatic heterocycles. The lowest BCUT2D eigenvalue weighted by Crippen LogP contribution is -2.59. The molecule has 0 atom stereocenters. The summed E-state index contributed by atoms with van der Waals surface area (Å²) in [6, 6.07) is 4.04. The molecule has 136 valence electrons. The van der Waals surface area contributed by atoms with Crippen molar-refractivity contribution in [1.29, 1.82) is 0 Å². The van der Waals surface area contributed by atoms with E-state index in [1.807, 2.05) is 17.6 Å². The lowest BCUT2D eigenvalue weighted by atomic mass is 9.87. The normalized spacial score (nSPS) is 16.8. The summed E-state index contributed by atoms with van der Waals surface area (Å²) in [5.74, 6) is 0.826. The van der Waals surface area contributed by atoms with Crippen LogP contribution in [0.15, 0.2) is 30.0 Å². The lowest BCUT2D eigenvalue weighted by molar-refractivity contribution is -0.127. The molecule has 4 heterocycles. The van der Waals surface area contributed by atoms with Crippen LogP contribution in [-0.2, 0) is 11.3 Å². The van der Waals surface area contributed by atoms with Gasteiger partial charge < -0.3 is 20.9 Å². The summed E-state index contributed by atoms with van der Waals surface area (Å²) in [5.41, 5.74) is 7.64. The average molecular weight is 370 g/mol. The van der Waals surface area contributed by atoms with Crippen LogP contribution in [0.4, 0.5) is 5.82 Å². The largest absolute Gasteiger partial charge is 0.356 e. The van der Waals surface area contributed by atoms with E-state index in [1.54, 1.807) is 17.7 Å². The Kier molecular flexibility index (Phi) is 4.37. The molecule has 1 saturated heterocycles. The number of nitrogens with one attached hydrogen (secondary N) is 2. The van der Waals surface area contributed by atoms with E-state index in [9.17, 15) is 4.79 Å². The first-order valence-corrected chi connectivity index (χ1v) is 9.58. The van der Waals surface area contributed by atoms with Crippen LogP contribution >= 0.6 is 11.3 Å². The lowest BCUT2D eigenvalue weighted by Gasteiger charge is -2.38. The van der Waals surface area contributed by atoms with Gasteiger partial charge >= 0.3 is 0 Å². The molecule has 4 rings (SSSR count). The number of hydrogen-bond acceptors (Lipinski definition) is 6. The Balaban J connectivity index is 1.41. The number of carbonyl (C=O) groups excluding carboxylic acids is 1. The summed E-state index contributed by atoms with van der Waals surface area (Å²) in [6.45, 7) is 3.98. The Morgan fingerprint density at radius 2 is 2.19 bits per heavy atom. The average Bonchev–Trinajstić information content (AvgIpc) is 3.29. The molecule has 0 saturated carbocycles. The molecule has 1 aliphatic heterocycles. The number of thiophene rings is 1. The number of H-pyrrole nitrogens is 1. The minimum atomic E-state index is -0.827. The third kappa shape index (κ3) is 3.06. The highest BCUT2D eigenvalue weighted by Gasteiger charge is 2.38. The molecule has 0 unspecified atom stereocenters. The quantitative estimate of drug-likeness (QED) is 0.652. The summed E-state index contributed by atoms with van der Waals surface area (Å²) in [5, 5.41) is 6.05. The molecule has 0 aliphatic carbocycles. The third-order valence-corrected chi connectivity index (χ3v) is 6.14. The third-order valence-electron chi connectivity index (χ3n) is 5.12. The first kappa shape index (κ1) is 17.0. The molecule has 0 bridgehead atoms. The number of hydrogen-bond donors (Lipinski definition) is 3. The highest BCUT2D eigenvalue weighted by molar-refractivity contribution is 7.10. The number of amides is 1. The van der Waals surface area contributed by atoms with Crippen molar-refractivity contribution in [2.45, 2.75) is 31.8 Å². The van der Waals surface area contributed by atoms with Crippen LogP contribution in [0, 0.1) is 6.92 Å². The highest BCUT2D eigenvalue weighted by Crippen LogP contribution is 2.28. The number of carbonyl (C=O) groups is 1. The fraction of sp³-hybridized carbons (Fsp3) is 0.389. The van der Waals surface area contributed by atoms with Gasteiger partial charge in [-0.1, -0.05) is 0 Å². The van der Waals surface area contributed by atoms with Crippen molar-refractivity contribution in [2.75, 3.05) is 18.0 Å². The van der Waals surface area contributed by atoms with Crippen LogP contribution in [-0.4, -0.2) is 39.5 Å². The van der Waals surface area contributed by atoms with E-state index in [-0.39, 0.29) is 5.91 Å². The number of nitrogens with zero attached hydrogens (tertiary/aromatic N) is 3. The molecular weight excluding hydrogens is 348 g/mol. The second-order valence-corrected chi connectivity index (χ2v) is 7.79. The van der Waals surface area contributed by atoms with Gasteiger partial charge in [0.1, 0.15) is 17.8 Å². The number of anilines is 1. The molecular formula is C18H22N6OS. The zero-order chi connectivity index (χ0) is 18.1.